The van der Waals surface area contributed by atoms with Gasteiger partial charge in [-0.3, -0.25) is 5.10 Å². The molecule has 17 heavy (non-hydrogen) atoms. The summed E-state index contributed by atoms with van der Waals surface area (Å²) in [6.07, 6.45) is 1.39. The quantitative estimate of drug-likeness (QED) is 0.540. The standard InChI is InChI=1S/C11H10N6/c12-7-3-1-6(2-4-7)9-8-10(13)14-5-15-11(8)17-16-9/h1-5H,12H2,(H3,13,14,15,16,17). The Labute approximate surface area is 96.7 Å². The zero-order valence-electron chi connectivity index (χ0n) is 8.88. The lowest BCUT2D eigenvalue weighted by atomic mass is 10.1. The number of aromatic nitrogens is 4. The van der Waals surface area contributed by atoms with Gasteiger partial charge < -0.3 is 11.5 Å². The molecule has 0 saturated carbocycles. The van der Waals surface area contributed by atoms with Gasteiger partial charge in [-0.1, -0.05) is 12.1 Å². The molecule has 2 aromatic heterocycles. The molecule has 3 rings (SSSR count). The second-order valence-corrected chi connectivity index (χ2v) is 3.68. The van der Waals surface area contributed by atoms with Gasteiger partial charge in [0, 0.05) is 11.3 Å². The van der Waals surface area contributed by atoms with Gasteiger partial charge in [-0.2, -0.15) is 5.10 Å². The Hall–Kier alpha value is -2.63. The minimum absolute atomic E-state index is 0.413. The summed E-state index contributed by atoms with van der Waals surface area (Å²) in [4.78, 5) is 8.01. The molecule has 84 valence electrons. The molecule has 0 bridgehead atoms. The molecule has 0 radical (unpaired) electrons. The van der Waals surface area contributed by atoms with Gasteiger partial charge in [-0.25, -0.2) is 9.97 Å². The van der Waals surface area contributed by atoms with Gasteiger partial charge >= 0.3 is 0 Å². The van der Waals surface area contributed by atoms with Crippen LogP contribution in [-0.2, 0) is 0 Å². The predicted octanol–water partition coefficient (Wildman–Crippen LogP) is 1.18. The van der Waals surface area contributed by atoms with Crippen LogP contribution in [0.2, 0.25) is 0 Å². The van der Waals surface area contributed by atoms with Crippen molar-refractivity contribution in [3.05, 3.63) is 30.6 Å². The second-order valence-electron chi connectivity index (χ2n) is 3.68. The SMILES string of the molecule is Nc1ccc(-c2[nH]nc3ncnc(N)c23)cc1. The van der Waals surface area contributed by atoms with Crippen LogP contribution in [-0.4, -0.2) is 20.2 Å². The smallest absolute Gasteiger partial charge is 0.186 e. The summed E-state index contributed by atoms with van der Waals surface area (Å²) >= 11 is 0. The van der Waals surface area contributed by atoms with Gasteiger partial charge in [0.1, 0.15) is 12.1 Å². The molecule has 2 heterocycles. The molecule has 0 saturated heterocycles. The van der Waals surface area contributed by atoms with Crippen molar-refractivity contribution in [3.8, 4) is 11.3 Å². The summed E-state index contributed by atoms with van der Waals surface area (Å²) in [5, 5.41) is 7.74. The van der Waals surface area contributed by atoms with E-state index in [1.165, 1.54) is 6.33 Å². The van der Waals surface area contributed by atoms with Crippen LogP contribution in [0.1, 0.15) is 0 Å². The molecule has 0 aliphatic heterocycles. The van der Waals surface area contributed by atoms with Crippen LogP contribution in [0.5, 0.6) is 0 Å². The fourth-order valence-corrected chi connectivity index (χ4v) is 1.74. The van der Waals surface area contributed by atoms with Crippen molar-refractivity contribution in [1.82, 2.24) is 20.2 Å². The van der Waals surface area contributed by atoms with Crippen molar-refractivity contribution in [2.24, 2.45) is 0 Å². The van der Waals surface area contributed by atoms with Crippen LogP contribution in [0.4, 0.5) is 11.5 Å². The van der Waals surface area contributed by atoms with E-state index in [1.54, 1.807) is 0 Å². The number of hydrogen-bond acceptors (Lipinski definition) is 5. The Morgan fingerprint density at radius 3 is 2.53 bits per heavy atom. The van der Waals surface area contributed by atoms with Crippen molar-refractivity contribution < 1.29 is 0 Å². The minimum Gasteiger partial charge on any atom is -0.399 e. The molecular formula is C11H10N6. The molecule has 6 heteroatoms. The van der Waals surface area contributed by atoms with E-state index >= 15 is 0 Å². The molecule has 0 aliphatic rings. The Balaban J connectivity index is 2.27. The van der Waals surface area contributed by atoms with Crippen molar-refractivity contribution in [2.75, 3.05) is 11.5 Å². The highest BCUT2D eigenvalue weighted by Gasteiger charge is 2.11. The van der Waals surface area contributed by atoms with Crippen molar-refractivity contribution in [3.63, 3.8) is 0 Å². The summed E-state index contributed by atoms with van der Waals surface area (Å²) < 4.78 is 0. The molecular weight excluding hydrogens is 216 g/mol. The highest BCUT2D eigenvalue weighted by Crippen LogP contribution is 2.28. The second kappa shape index (κ2) is 3.44. The van der Waals surface area contributed by atoms with E-state index < -0.39 is 0 Å². The summed E-state index contributed by atoms with van der Waals surface area (Å²) in [5.41, 5.74) is 14.5. The van der Waals surface area contributed by atoms with Crippen LogP contribution in [0.25, 0.3) is 22.3 Å². The van der Waals surface area contributed by atoms with E-state index in [2.05, 4.69) is 20.2 Å². The first kappa shape index (κ1) is 9.59. The normalized spacial score (nSPS) is 10.8. The molecule has 0 fully saturated rings. The molecule has 5 N–H and O–H groups in total. The van der Waals surface area contributed by atoms with Gasteiger partial charge in [0.05, 0.1) is 11.1 Å². The van der Waals surface area contributed by atoms with Gasteiger partial charge in [-0.05, 0) is 12.1 Å². The largest absolute Gasteiger partial charge is 0.399 e. The molecule has 0 atom stereocenters. The first-order valence-electron chi connectivity index (χ1n) is 5.06. The zero-order chi connectivity index (χ0) is 11.8. The average molecular weight is 226 g/mol. The number of nitrogens with two attached hydrogens (primary N) is 2. The number of aromatic amines is 1. The predicted molar refractivity (Wildman–Crippen MR) is 65.9 cm³/mol. The fraction of sp³-hybridized carbons (Fsp3) is 0. The zero-order valence-corrected chi connectivity index (χ0v) is 8.88. The first-order valence-corrected chi connectivity index (χ1v) is 5.06. The number of nitrogens with zero attached hydrogens (tertiary/aromatic N) is 3. The molecule has 1 aromatic carbocycles. The maximum absolute atomic E-state index is 5.83. The summed E-state index contributed by atoms with van der Waals surface area (Å²) in [6.45, 7) is 0. The lowest BCUT2D eigenvalue weighted by Gasteiger charge is -2.00. The number of nitrogens with one attached hydrogen (secondary N) is 1. The monoisotopic (exact) mass is 226 g/mol. The number of anilines is 2. The van der Waals surface area contributed by atoms with Gasteiger partial charge in [-0.15, -0.1) is 0 Å². The van der Waals surface area contributed by atoms with Gasteiger partial charge in [0.15, 0.2) is 5.65 Å². The Bertz CT molecular complexity index is 670. The van der Waals surface area contributed by atoms with Crippen LogP contribution < -0.4 is 11.5 Å². The Kier molecular flexibility index (Phi) is 1.94. The third-order valence-electron chi connectivity index (χ3n) is 2.58. The molecule has 0 spiro atoms. The van der Waals surface area contributed by atoms with E-state index in [-0.39, 0.29) is 0 Å². The van der Waals surface area contributed by atoms with Crippen molar-refractivity contribution in [1.29, 1.82) is 0 Å². The van der Waals surface area contributed by atoms with Crippen LogP contribution in [0.15, 0.2) is 30.6 Å². The van der Waals surface area contributed by atoms with Crippen LogP contribution in [0, 0.1) is 0 Å². The Morgan fingerprint density at radius 2 is 1.76 bits per heavy atom. The maximum Gasteiger partial charge on any atom is 0.186 e. The fourth-order valence-electron chi connectivity index (χ4n) is 1.74. The minimum atomic E-state index is 0.413. The number of H-pyrrole nitrogens is 1. The summed E-state index contributed by atoms with van der Waals surface area (Å²) in [7, 11) is 0. The van der Waals surface area contributed by atoms with Gasteiger partial charge in [0.25, 0.3) is 0 Å². The maximum atomic E-state index is 5.83. The van der Waals surface area contributed by atoms with Gasteiger partial charge in [0.2, 0.25) is 0 Å². The number of benzene rings is 1. The number of rotatable bonds is 1. The lowest BCUT2D eigenvalue weighted by Crippen LogP contribution is -1.92. The van der Waals surface area contributed by atoms with E-state index in [4.69, 9.17) is 11.5 Å². The molecule has 0 unspecified atom stereocenters. The van der Waals surface area contributed by atoms with E-state index in [9.17, 15) is 0 Å². The number of hydrogen-bond donors (Lipinski definition) is 3. The highest BCUT2D eigenvalue weighted by atomic mass is 15.2. The van der Waals surface area contributed by atoms with E-state index in [0.717, 1.165) is 16.6 Å². The topological polar surface area (TPSA) is 106 Å². The molecule has 3 aromatic rings. The molecule has 6 nitrogen and oxygen atoms in total. The average Bonchev–Trinajstić information content (AvgIpc) is 2.75. The number of nitrogen functional groups attached to an aromatic ring is 2. The lowest BCUT2D eigenvalue weighted by molar-refractivity contribution is 1.09. The van der Waals surface area contributed by atoms with Crippen molar-refractivity contribution in [2.45, 2.75) is 0 Å². The molecule has 0 amide bonds. The van der Waals surface area contributed by atoms with Crippen LogP contribution in [0.3, 0.4) is 0 Å². The van der Waals surface area contributed by atoms with E-state index in [1.807, 2.05) is 24.3 Å². The first-order chi connectivity index (χ1) is 8.25. The molecule has 0 aliphatic carbocycles. The third-order valence-corrected chi connectivity index (χ3v) is 2.58. The van der Waals surface area contributed by atoms with Crippen molar-refractivity contribution >= 4 is 22.5 Å². The summed E-state index contributed by atoms with van der Waals surface area (Å²) in [5.74, 6) is 0.413. The summed E-state index contributed by atoms with van der Waals surface area (Å²) in [6, 6.07) is 7.44. The number of fused-ring (bicyclic) bond motifs is 1. The van der Waals surface area contributed by atoms with E-state index in [0.29, 0.717) is 17.2 Å². The highest BCUT2D eigenvalue weighted by molar-refractivity contribution is 5.97. The third kappa shape index (κ3) is 1.46. The Morgan fingerprint density at radius 1 is 1.00 bits per heavy atom. The van der Waals surface area contributed by atoms with Crippen LogP contribution >= 0.6 is 0 Å².